The molecule has 0 saturated heterocycles. The number of hydrogen-bond donors (Lipinski definition) is 0. The Balaban J connectivity index is 3.84. The third-order valence-corrected chi connectivity index (χ3v) is 2.08. The summed E-state index contributed by atoms with van der Waals surface area (Å²) in [5.74, 6) is -0.901. The second-order valence-corrected chi connectivity index (χ2v) is 3.17. The first kappa shape index (κ1) is 12.7. The number of nitrogens with zero attached hydrogens (tertiary/aromatic N) is 1. The molecule has 0 aromatic heterocycles. The average Bonchev–Trinajstić information content (AvgIpc) is 2.14. The van der Waals surface area contributed by atoms with Crippen LogP contribution in [0.1, 0.15) is 33.1 Å². The van der Waals surface area contributed by atoms with Crippen molar-refractivity contribution in [3.05, 3.63) is 10.1 Å². The first-order chi connectivity index (χ1) is 6.49. The molecule has 0 saturated carbocycles. The van der Waals surface area contributed by atoms with Crippen LogP contribution in [0, 0.1) is 16.0 Å². The van der Waals surface area contributed by atoms with Crippen LogP contribution < -0.4 is 0 Å². The van der Waals surface area contributed by atoms with Gasteiger partial charge in [0, 0.05) is 24.2 Å². The molecular weight excluding hydrogens is 186 g/mol. The first-order valence-electron chi connectivity index (χ1n) is 4.66. The minimum Gasteiger partial charge on any atom is -0.299 e. The number of hydrogen-bond acceptors (Lipinski definition) is 4. The van der Waals surface area contributed by atoms with Crippen LogP contribution in [0.3, 0.4) is 0 Å². The van der Waals surface area contributed by atoms with E-state index in [-0.39, 0.29) is 31.0 Å². The summed E-state index contributed by atoms with van der Waals surface area (Å²) < 4.78 is 0. The Bertz CT molecular complexity index is 237. The second-order valence-electron chi connectivity index (χ2n) is 3.17. The van der Waals surface area contributed by atoms with Gasteiger partial charge in [0.1, 0.15) is 11.6 Å². The molecule has 14 heavy (non-hydrogen) atoms. The molecule has 80 valence electrons. The summed E-state index contributed by atoms with van der Waals surface area (Å²) in [7, 11) is 0. The Morgan fingerprint density at radius 1 is 1.36 bits per heavy atom. The van der Waals surface area contributed by atoms with Crippen LogP contribution in [0.2, 0.25) is 0 Å². The summed E-state index contributed by atoms with van der Waals surface area (Å²) in [6.07, 6.45) is 0.670. The van der Waals surface area contributed by atoms with Gasteiger partial charge in [-0.3, -0.25) is 19.7 Å². The largest absolute Gasteiger partial charge is 0.299 e. The SMILES string of the molecule is CCC(=O)C(C)C(=O)CCC[N+](=O)[O-]. The van der Waals surface area contributed by atoms with Crippen LogP contribution >= 0.6 is 0 Å². The molecule has 0 rings (SSSR count). The normalized spacial score (nSPS) is 12.1. The molecular formula is C9H15NO4. The van der Waals surface area contributed by atoms with E-state index < -0.39 is 10.8 Å². The zero-order valence-electron chi connectivity index (χ0n) is 8.49. The zero-order chi connectivity index (χ0) is 11.1. The van der Waals surface area contributed by atoms with Gasteiger partial charge in [-0.2, -0.15) is 0 Å². The van der Waals surface area contributed by atoms with Crippen LogP contribution in [0.5, 0.6) is 0 Å². The third-order valence-electron chi connectivity index (χ3n) is 2.08. The van der Waals surface area contributed by atoms with E-state index in [0.717, 1.165) is 0 Å². The lowest BCUT2D eigenvalue weighted by Gasteiger charge is -2.06. The fourth-order valence-corrected chi connectivity index (χ4v) is 1.08. The van der Waals surface area contributed by atoms with E-state index in [1.807, 2.05) is 0 Å². The smallest absolute Gasteiger partial charge is 0.204 e. The molecule has 0 bridgehead atoms. The molecule has 0 aromatic carbocycles. The molecule has 0 heterocycles. The van der Waals surface area contributed by atoms with E-state index in [9.17, 15) is 19.7 Å². The van der Waals surface area contributed by atoms with Gasteiger partial charge in [-0.1, -0.05) is 6.92 Å². The van der Waals surface area contributed by atoms with Crippen LogP contribution in [0.25, 0.3) is 0 Å². The Morgan fingerprint density at radius 3 is 2.36 bits per heavy atom. The summed E-state index contributed by atoms with van der Waals surface area (Å²) in [5, 5.41) is 9.97. The summed E-state index contributed by atoms with van der Waals surface area (Å²) in [6, 6.07) is 0. The molecule has 0 N–H and O–H groups in total. The molecule has 0 spiro atoms. The molecule has 5 heteroatoms. The molecule has 0 amide bonds. The molecule has 0 aliphatic heterocycles. The molecule has 0 radical (unpaired) electrons. The molecule has 5 nitrogen and oxygen atoms in total. The number of ketones is 2. The zero-order valence-corrected chi connectivity index (χ0v) is 8.49. The van der Waals surface area contributed by atoms with E-state index >= 15 is 0 Å². The maximum absolute atomic E-state index is 11.3. The quantitative estimate of drug-likeness (QED) is 0.352. The van der Waals surface area contributed by atoms with Gasteiger partial charge in [-0.15, -0.1) is 0 Å². The third kappa shape index (κ3) is 4.69. The van der Waals surface area contributed by atoms with Crippen molar-refractivity contribution in [1.82, 2.24) is 0 Å². The Hall–Kier alpha value is -1.26. The van der Waals surface area contributed by atoms with Crippen molar-refractivity contribution in [3.63, 3.8) is 0 Å². The minimum atomic E-state index is -0.605. The van der Waals surface area contributed by atoms with Gasteiger partial charge in [0.25, 0.3) is 0 Å². The van der Waals surface area contributed by atoms with Gasteiger partial charge in [-0.05, 0) is 6.92 Å². The van der Waals surface area contributed by atoms with Crippen molar-refractivity contribution >= 4 is 11.6 Å². The van der Waals surface area contributed by atoms with Crippen LogP contribution in [-0.4, -0.2) is 23.0 Å². The Labute approximate surface area is 82.6 Å². The number of carbonyl (C=O) groups is 2. The van der Waals surface area contributed by atoms with E-state index in [1.54, 1.807) is 13.8 Å². The van der Waals surface area contributed by atoms with Gasteiger partial charge in [-0.25, -0.2) is 0 Å². The van der Waals surface area contributed by atoms with Gasteiger partial charge in [0.2, 0.25) is 6.54 Å². The van der Waals surface area contributed by atoms with Gasteiger partial charge >= 0.3 is 0 Å². The van der Waals surface area contributed by atoms with Crippen molar-refractivity contribution in [3.8, 4) is 0 Å². The number of rotatable bonds is 7. The molecule has 0 aliphatic carbocycles. The van der Waals surface area contributed by atoms with Crippen molar-refractivity contribution in [2.45, 2.75) is 33.1 Å². The molecule has 0 aromatic rings. The second kappa shape index (κ2) is 6.23. The number of Topliss-reactive ketones (excluding diaryl/α,β-unsaturated/α-hetero) is 2. The fraction of sp³-hybridized carbons (Fsp3) is 0.778. The van der Waals surface area contributed by atoms with E-state index in [2.05, 4.69) is 0 Å². The first-order valence-corrected chi connectivity index (χ1v) is 4.66. The van der Waals surface area contributed by atoms with Crippen LogP contribution in [0.4, 0.5) is 0 Å². The molecule has 0 fully saturated rings. The van der Waals surface area contributed by atoms with Crippen molar-refractivity contribution in [1.29, 1.82) is 0 Å². The summed E-state index contributed by atoms with van der Waals surface area (Å²) in [6.45, 7) is 3.04. The highest BCUT2D eigenvalue weighted by molar-refractivity contribution is 6.01. The molecule has 1 atom stereocenters. The van der Waals surface area contributed by atoms with E-state index in [1.165, 1.54) is 0 Å². The standard InChI is InChI=1S/C9H15NO4/c1-3-8(11)7(2)9(12)5-4-6-10(13)14/h7H,3-6H2,1-2H3. The molecule has 0 aliphatic rings. The predicted molar refractivity (Wildman–Crippen MR) is 50.6 cm³/mol. The van der Waals surface area contributed by atoms with Crippen molar-refractivity contribution < 1.29 is 14.5 Å². The fourth-order valence-electron chi connectivity index (χ4n) is 1.08. The minimum absolute atomic E-state index is 0.101. The van der Waals surface area contributed by atoms with E-state index in [0.29, 0.717) is 6.42 Å². The van der Waals surface area contributed by atoms with Crippen LogP contribution in [0.15, 0.2) is 0 Å². The highest BCUT2D eigenvalue weighted by Crippen LogP contribution is 2.06. The van der Waals surface area contributed by atoms with Gasteiger partial charge in [0.15, 0.2) is 0 Å². The summed E-state index contributed by atoms with van der Waals surface area (Å²) in [4.78, 5) is 31.9. The monoisotopic (exact) mass is 201 g/mol. The topological polar surface area (TPSA) is 77.3 Å². The highest BCUT2D eigenvalue weighted by atomic mass is 16.6. The maximum Gasteiger partial charge on any atom is 0.204 e. The lowest BCUT2D eigenvalue weighted by atomic mass is 9.96. The Kier molecular flexibility index (Phi) is 5.67. The lowest BCUT2D eigenvalue weighted by molar-refractivity contribution is -0.480. The summed E-state index contributed by atoms with van der Waals surface area (Å²) >= 11 is 0. The van der Waals surface area contributed by atoms with Gasteiger partial charge in [0.05, 0.1) is 5.92 Å². The van der Waals surface area contributed by atoms with Gasteiger partial charge < -0.3 is 0 Å². The average molecular weight is 201 g/mol. The van der Waals surface area contributed by atoms with Crippen molar-refractivity contribution in [2.24, 2.45) is 5.92 Å². The Morgan fingerprint density at radius 2 is 1.93 bits per heavy atom. The molecule has 1 unspecified atom stereocenters. The number of carbonyl (C=O) groups excluding carboxylic acids is 2. The number of nitro groups is 1. The highest BCUT2D eigenvalue weighted by Gasteiger charge is 2.19. The predicted octanol–water partition coefficient (Wildman–Crippen LogP) is 1.23. The van der Waals surface area contributed by atoms with Crippen molar-refractivity contribution in [2.75, 3.05) is 6.54 Å². The maximum atomic E-state index is 11.3. The summed E-state index contributed by atoms with van der Waals surface area (Å²) in [5.41, 5.74) is 0. The van der Waals surface area contributed by atoms with Crippen LogP contribution in [-0.2, 0) is 9.59 Å². The van der Waals surface area contributed by atoms with E-state index in [4.69, 9.17) is 0 Å². The lowest BCUT2D eigenvalue weighted by Crippen LogP contribution is -2.20.